The van der Waals surface area contributed by atoms with Crippen LogP contribution >= 0.6 is 39.1 Å². The number of carboxylic acids is 1. The minimum atomic E-state index is -1.04. The standard InChI is InChI=1S/C25H23BrCl2N2O4/c26-20-21(25(22(20)31)11-2-1-3-12-25)30-18(24(33)34)13-14-7-9-15(10-8-14)29-23(32)19-16(27)5-4-6-17(19)28/h4-10,18,20H,1-3,11-13H2,(H,29,32)(H,33,34)/t18-,20?/m0/s1. The number of halogens is 3. The molecule has 2 aliphatic carbocycles. The summed E-state index contributed by atoms with van der Waals surface area (Å²) < 4.78 is 0. The molecule has 1 unspecified atom stereocenters. The molecule has 1 amide bonds. The molecule has 2 aromatic rings. The Morgan fingerprint density at radius 2 is 1.71 bits per heavy atom. The van der Waals surface area contributed by atoms with E-state index in [0.29, 0.717) is 11.4 Å². The minimum Gasteiger partial charge on any atom is -0.480 e. The maximum absolute atomic E-state index is 12.6. The van der Waals surface area contributed by atoms with Gasteiger partial charge in [-0.25, -0.2) is 4.79 Å². The van der Waals surface area contributed by atoms with Crippen molar-refractivity contribution in [1.82, 2.24) is 0 Å². The average Bonchev–Trinajstić information content (AvgIpc) is 2.82. The lowest BCUT2D eigenvalue weighted by atomic mass is 9.58. The fourth-order valence-electron chi connectivity index (χ4n) is 4.72. The summed E-state index contributed by atoms with van der Waals surface area (Å²) in [4.78, 5) is 41.2. The zero-order valence-electron chi connectivity index (χ0n) is 18.2. The summed E-state index contributed by atoms with van der Waals surface area (Å²) in [5.74, 6) is -1.36. The normalized spacial score (nSPS) is 21.2. The summed E-state index contributed by atoms with van der Waals surface area (Å²) in [7, 11) is 0. The van der Waals surface area contributed by atoms with Crippen LogP contribution in [-0.2, 0) is 16.0 Å². The molecule has 0 aromatic heterocycles. The van der Waals surface area contributed by atoms with Crippen LogP contribution in [0, 0.1) is 5.41 Å². The monoisotopic (exact) mass is 564 g/mol. The fourth-order valence-corrected chi connectivity index (χ4v) is 6.28. The molecule has 2 fully saturated rings. The van der Waals surface area contributed by atoms with Crippen molar-refractivity contribution in [3.05, 3.63) is 63.6 Å². The van der Waals surface area contributed by atoms with Gasteiger partial charge in [0.1, 0.15) is 4.83 Å². The Hall–Kier alpha value is -2.22. The van der Waals surface area contributed by atoms with Gasteiger partial charge in [-0.05, 0) is 42.7 Å². The Morgan fingerprint density at radius 3 is 2.29 bits per heavy atom. The Bertz CT molecular complexity index is 1140. The summed E-state index contributed by atoms with van der Waals surface area (Å²) in [5.41, 5.74) is 1.54. The first-order valence-corrected chi connectivity index (χ1v) is 12.7. The number of Topliss-reactive ketones (excluding diaryl/α,β-unsaturated/α-hetero) is 1. The molecular weight excluding hydrogens is 543 g/mol. The van der Waals surface area contributed by atoms with Gasteiger partial charge in [0.2, 0.25) is 0 Å². The molecule has 9 heteroatoms. The van der Waals surface area contributed by atoms with E-state index in [9.17, 15) is 19.5 Å². The molecular formula is C25H23BrCl2N2O4. The fraction of sp³-hybridized carbons (Fsp3) is 0.360. The second-order valence-corrected chi connectivity index (χ2v) is 10.4. The maximum atomic E-state index is 12.6. The van der Waals surface area contributed by atoms with Gasteiger partial charge >= 0.3 is 5.97 Å². The van der Waals surface area contributed by atoms with Crippen LogP contribution in [0.15, 0.2) is 47.5 Å². The van der Waals surface area contributed by atoms with E-state index >= 15 is 0 Å². The minimum absolute atomic E-state index is 0.119. The van der Waals surface area contributed by atoms with Crippen molar-refractivity contribution < 1.29 is 19.5 Å². The highest BCUT2D eigenvalue weighted by Crippen LogP contribution is 2.49. The number of alkyl halides is 1. The van der Waals surface area contributed by atoms with E-state index in [1.54, 1.807) is 42.5 Å². The summed E-state index contributed by atoms with van der Waals surface area (Å²) in [5, 5.41) is 13.1. The van der Waals surface area contributed by atoms with E-state index in [1.807, 2.05) is 0 Å². The molecule has 34 heavy (non-hydrogen) atoms. The highest BCUT2D eigenvalue weighted by molar-refractivity contribution is 9.10. The lowest BCUT2D eigenvalue weighted by Crippen LogP contribution is -2.61. The molecule has 0 heterocycles. The van der Waals surface area contributed by atoms with Gasteiger partial charge in [0, 0.05) is 17.8 Å². The predicted molar refractivity (Wildman–Crippen MR) is 137 cm³/mol. The van der Waals surface area contributed by atoms with Crippen LogP contribution in [0.1, 0.15) is 48.0 Å². The van der Waals surface area contributed by atoms with Crippen LogP contribution in [0.25, 0.3) is 0 Å². The number of carboxylic acid groups (broad SMARTS) is 1. The largest absolute Gasteiger partial charge is 0.480 e. The number of aliphatic carboxylic acids is 1. The number of carbonyl (C=O) groups is 3. The molecule has 2 atom stereocenters. The van der Waals surface area contributed by atoms with E-state index < -0.39 is 28.2 Å². The van der Waals surface area contributed by atoms with Crippen molar-refractivity contribution in [1.29, 1.82) is 0 Å². The van der Waals surface area contributed by atoms with Crippen molar-refractivity contribution in [2.45, 2.75) is 49.4 Å². The number of ketones is 1. The van der Waals surface area contributed by atoms with E-state index in [2.05, 4.69) is 26.2 Å². The molecule has 178 valence electrons. The first-order chi connectivity index (χ1) is 16.2. The second-order valence-electron chi connectivity index (χ2n) is 8.69. The zero-order chi connectivity index (χ0) is 24.5. The van der Waals surface area contributed by atoms with Gasteiger partial charge in [-0.3, -0.25) is 14.6 Å². The molecule has 2 aliphatic rings. The molecule has 2 aromatic carbocycles. The van der Waals surface area contributed by atoms with E-state index in [4.69, 9.17) is 23.2 Å². The molecule has 0 bridgehead atoms. The molecule has 2 saturated carbocycles. The van der Waals surface area contributed by atoms with Gasteiger partial charge in [-0.15, -0.1) is 0 Å². The van der Waals surface area contributed by atoms with Crippen LogP contribution in [-0.4, -0.2) is 39.3 Å². The van der Waals surface area contributed by atoms with Crippen LogP contribution in [0.4, 0.5) is 5.69 Å². The Labute approximate surface area is 215 Å². The quantitative estimate of drug-likeness (QED) is 0.421. The Morgan fingerprint density at radius 1 is 1.09 bits per heavy atom. The number of hydrogen-bond donors (Lipinski definition) is 2. The zero-order valence-corrected chi connectivity index (χ0v) is 21.3. The number of rotatable bonds is 6. The topological polar surface area (TPSA) is 95.8 Å². The molecule has 0 aliphatic heterocycles. The van der Waals surface area contributed by atoms with Crippen molar-refractivity contribution >= 4 is 68.2 Å². The molecule has 0 saturated heterocycles. The molecule has 2 N–H and O–H groups in total. The van der Waals surface area contributed by atoms with Crippen LogP contribution < -0.4 is 5.32 Å². The van der Waals surface area contributed by atoms with Crippen molar-refractivity contribution in [3.8, 4) is 0 Å². The number of hydrogen-bond acceptors (Lipinski definition) is 4. The van der Waals surface area contributed by atoms with E-state index in [0.717, 1.165) is 37.7 Å². The van der Waals surface area contributed by atoms with Gasteiger partial charge in [-0.1, -0.05) is 76.6 Å². The van der Waals surface area contributed by atoms with E-state index in [1.165, 1.54) is 0 Å². The van der Waals surface area contributed by atoms with Crippen molar-refractivity contribution in [3.63, 3.8) is 0 Å². The summed E-state index contributed by atoms with van der Waals surface area (Å²) in [6.07, 6.45) is 4.64. The maximum Gasteiger partial charge on any atom is 0.328 e. The first-order valence-electron chi connectivity index (χ1n) is 11.1. The van der Waals surface area contributed by atoms with E-state index in [-0.39, 0.29) is 27.8 Å². The molecule has 0 radical (unpaired) electrons. The Balaban J connectivity index is 1.48. The van der Waals surface area contributed by atoms with Crippen LogP contribution in [0.3, 0.4) is 0 Å². The van der Waals surface area contributed by atoms with Crippen molar-refractivity contribution in [2.24, 2.45) is 10.4 Å². The Kier molecular flexibility index (Phi) is 7.45. The van der Waals surface area contributed by atoms with Gasteiger partial charge in [0.25, 0.3) is 5.91 Å². The molecule has 4 rings (SSSR count). The van der Waals surface area contributed by atoms with Gasteiger partial charge < -0.3 is 10.4 Å². The number of amides is 1. The summed E-state index contributed by atoms with van der Waals surface area (Å²) >= 11 is 15.6. The lowest BCUT2D eigenvalue weighted by Gasteiger charge is -2.47. The highest BCUT2D eigenvalue weighted by Gasteiger charge is 2.58. The number of benzene rings is 2. The van der Waals surface area contributed by atoms with Crippen LogP contribution in [0.5, 0.6) is 0 Å². The van der Waals surface area contributed by atoms with Gasteiger partial charge in [0.15, 0.2) is 11.8 Å². The third-order valence-corrected chi connectivity index (χ3v) is 8.03. The average molecular weight is 566 g/mol. The lowest BCUT2D eigenvalue weighted by molar-refractivity contribution is -0.138. The summed E-state index contributed by atoms with van der Waals surface area (Å²) in [6, 6.07) is 10.7. The van der Waals surface area contributed by atoms with Crippen molar-refractivity contribution in [2.75, 3.05) is 5.32 Å². The smallest absolute Gasteiger partial charge is 0.328 e. The summed E-state index contributed by atoms with van der Waals surface area (Å²) in [6.45, 7) is 0. The third-order valence-electron chi connectivity index (χ3n) is 6.55. The van der Waals surface area contributed by atoms with Crippen LogP contribution in [0.2, 0.25) is 10.0 Å². The third kappa shape index (κ3) is 4.79. The number of nitrogens with zero attached hydrogens (tertiary/aromatic N) is 1. The number of aliphatic imine (C=N–C) groups is 1. The number of anilines is 1. The SMILES string of the molecule is O=C(Nc1ccc(C[C@H](N=C2C(Br)C(=O)C23CCCCC3)C(=O)O)cc1)c1c(Cl)cccc1Cl. The number of nitrogens with one attached hydrogen (secondary N) is 1. The molecule has 1 spiro atoms. The second kappa shape index (κ2) is 10.2. The first kappa shape index (κ1) is 24.9. The van der Waals surface area contributed by atoms with Gasteiger partial charge in [-0.2, -0.15) is 0 Å². The predicted octanol–water partition coefficient (Wildman–Crippen LogP) is 5.98. The van der Waals surface area contributed by atoms with Gasteiger partial charge in [0.05, 0.1) is 21.0 Å². The molecule has 6 nitrogen and oxygen atoms in total. The highest BCUT2D eigenvalue weighted by atomic mass is 79.9. The number of carbonyl (C=O) groups excluding carboxylic acids is 2.